The molecule has 20 heavy (non-hydrogen) atoms. The van der Waals surface area contributed by atoms with Gasteiger partial charge in [0.1, 0.15) is 5.01 Å². The number of nitrogen functional groups attached to an aromatic ring is 1. The SMILES string of the molecule is Nc1ccc(-c2nc3ccc(S(=O)(=O)O)cc3s2)cc1. The molecular formula is C13H10N2O3S2. The summed E-state index contributed by atoms with van der Waals surface area (Å²) in [6, 6.07) is 11.6. The summed E-state index contributed by atoms with van der Waals surface area (Å²) in [6.45, 7) is 0. The van der Waals surface area contributed by atoms with Gasteiger partial charge in [-0.1, -0.05) is 0 Å². The Morgan fingerprint density at radius 1 is 1.10 bits per heavy atom. The second-order valence-electron chi connectivity index (χ2n) is 4.25. The number of rotatable bonds is 2. The maximum absolute atomic E-state index is 11.1. The van der Waals surface area contributed by atoms with E-state index in [-0.39, 0.29) is 4.90 Å². The number of anilines is 1. The Labute approximate surface area is 119 Å². The summed E-state index contributed by atoms with van der Waals surface area (Å²) in [4.78, 5) is 4.31. The van der Waals surface area contributed by atoms with Crippen LogP contribution in [0.5, 0.6) is 0 Å². The number of nitrogens with zero attached hydrogens (tertiary/aromatic N) is 1. The van der Waals surface area contributed by atoms with E-state index in [2.05, 4.69) is 4.98 Å². The van der Waals surface area contributed by atoms with Crippen LogP contribution in [-0.4, -0.2) is 18.0 Å². The second-order valence-corrected chi connectivity index (χ2v) is 6.70. The lowest BCUT2D eigenvalue weighted by molar-refractivity contribution is 0.483. The fraction of sp³-hybridized carbons (Fsp3) is 0. The molecule has 0 saturated heterocycles. The van der Waals surface area contributed by atoms with Gasteiger partial charge in [0.05, 0.1) is 15.1 Å². The van der Waals surface area contributed by atoms with Gasteiger partial charge in [-0.05, 0) is 42.5 Å². The van der Waals surface area contributed by atoms with Crippen molar-refractivity contribution in [1.29, 1.82) is 0 Å². The molecule has 3 aromatic rings. The van der Waals surface area contributed by atoms with Crippen molar-refractivity contribution >= 4 is 37.4 Å². The highest BCUT2D eigenvalue weighted by Crippen LogP contribution is 2.31. The fourth-order valence-electron chi connectivity index (χ4n) is 1.81. The highest BCUT2D eigenvalue weighted by molar-refractivity contribution is 7.85. The minimum Gasteiger partial charge on any atom is -0.399 e. The topological polar surface area (TPSA) is 93.3 Å². The Bertz CT molecular complexity index is 884. The fourth-order valence-corrected chi connectivity index (χ4v) is 3.41. The summed E-state index contributed by atoms with van der Waals surface area (Å²) in [5.41, 5.74) is 7.91. The van der Waals surface area contributed by atoms with E-state index in [1.54, 1.807) is 18.2 Å². The molecule has 0 atom stereocenters. The van der Waals surface area contributed by atoms with Crippen LogP contribution in [-0.2, 0) is 10.1 Å². The van der Waals surface area contributed by atoms with Gasteiger partial charge in [-0.2, -0.15) is 8.42 Å². The Morgan fingerprint density at radius 3 is 2.45 bits per heavy atom. The van der Waals surface area contributed by atoms with Crippen LogP contribution in [0.25, 0.3) is 20.8 Å². The zero-order valence-corrected chi connectivity index (χ0v) is 11.8. The van der Waals surface area contributed by atoms with Crippen LogP contribution in [0.1, 0.15) is 0 Å². The Morgan fingerprint density at radius 2 is 1.80 bits per heavy atom. The lowest BCUT2D eigenvalue weighted by Crippen LogP contribution is -1.96. The average Bonchev–Trinajstić information content (AvgIpc) is 2.81. The van der Waals surface area contributed by atoms with Crippen molar-refractivity contribution in [2.45, 2.75) is 4.90 Å². The quantitative estimate of drug-likeness (QED) is 0.561. The molecule has 3 rings (SSSR count). The molecule has 7 heteroatoms. The van der Waals surface area contributed by atoms with Gasteiger partial charge in [0.2, 0.25) is 0 Å². The van der Waals surface area contributed by atoms with Crippen molar-refractivity contribution in [2.75, 3.05) is 5.73 Å². The van der Waals surface area contributed by atoms with Gasteiger partial charge in [-0.25, -0.2) is 4.98 Å². The summed E-state index contributed by atoms with van der Waals surface area (Å²) in [5, 5.41) is 0.771. The van der Waals surface area contributed by atoms with E-state index in [0.717, 1.165) is 10.6 Å². The van der Waals surface area contributed by atoms with Gasteiger partial charge in [0.15, 0.2) is 0 Å². The van der Waals surface area contributed by atoms with Crippen molar-refractivity contribution in [3.8, 4) is 10.6 Å². The van der Waals surface area contributed by atoms with E-state index in [1.807, 2.05) is 12.1 Å². The number of fused-ring (bicyclic) bond motifs is 1. The predicted octanol–water partition coefficient (Wildman–Crippen LogP) is 2.79. The monoisotopic (exact) mass is 306 g/mol. The molecule has 0 radical (unpaired) electrons. The normalized spacial score (nSPS) is 11.8. The van der Waals surface area contributed by atoms with Crippen LogP contribution < -0.4 is 5.73 Å². The standard InChI is InChI=1S/C13H10N2O3S2/c14-9-3-1-8(2-4-9)13-15-11-6-5-10(20(16,17)18)7-12(11)19-13/h1-7H,14H2,(H,16,17,18). The average molecular weight is 306 g/mol. The number of hydrogen-bond donors (Lipinski definition) is 2. The summed E-state index contributed by atoms with van der Waals surface area (Å²) in [5.74, 6) is 0. The van der Waals surface area contributed by atoms with Crippen LogP contribution in [0.4, 0.5) is 5.69 Å². The van der Waals surface area contributed by atoms with E-state index < -0.39 is 10.1 Å². The number of nitrogens with two attached hydrogens (primary N) is 1. The zero-order valence-electron chi connectivity index (χ0n) is 10.1. The highest BCUT2D eigenvalue weighted by Gasteiger charge is 2.12. The number of aromatic nitrogens is 1. The summed E-state index contributed by atoms with van der Waals surface area (Å²) < 4.78 is 32.0. The summed E-state index contributed by atoms with van der Waals surface area (Å²) >= 11 is 1.36. The first-order chi connectivity index (χ1) is 9.43. The molecule has 5 nitrogen and oxygen atoms in total. The van der Waals surface area contributed by atoms with Gasteiger partial charge in [0, 0.05) is 11.3 Å². The van der Waals surface area contributed by atoms with E-state index in [4.69, 9.17) is 10.3 Å². The largest absolute Gasteiger partial charge is 0.399 e. The second kappa shape index (κ2) is 4.55. The van der Waals surface area contributed by atoms with Crippen molar-refractivity contribution in [3.05, 3.63) is 42.5 Å². The first-order valence-electron chi connectivity index (χ1n) is 5.67. The van der Waals surface area contributed by atoms with Crippen LogP contribution in [0.3, 0.4) is 0 Å². The summed E-state index contributed by atoms with van der Waals surface area (Å²) in [7, 11) is -4.19. The van der Waals surface area contributed by atoms with E-state index in [0.29, 0.717) is 15.9 Å². The van der Waals surface area contributed by atoms with Crippen molar-refractivity contribution in [2.24, 2.45) is 0 Å². The maximum atomic E-state index is 11.1. The number of benzene rings is 2. The zero-order chi connectivity index (χ0) is 14.3. The molecule has 0 spiro atoms. The minimum atomic E-state index is -4.19. The van der Waals surface area contributed by atoms with Crippen LogP contribution in [0.2, 0.25) is 0 Å². The van der Waals surface area contributed by atoms with E-state index in [1.165, 1.54) is 23.5 Å². The third-order valence-electron chi connectivity index (χ3n) is 2.82. The highest BCUT2D eigenvalue weighted by atomic mass is 32.2. The van der Waals surface area contributed by atoms with Gasteiger partial charge in [-0.15, -0.1) is 11.3 Å². The Kier molecular flexibility index (Phi) is 2.97. The van der Waals surface area contributed by atoms with Gasteiger partial charge in [-0.3, -0.25) is 4.55 Å². The molecule has 1 heterocycles. The Balaban J connectivity index is 2.13. The molecule has 1 aromatic heterocycles. The molecule has 0 bridgehead atoms. The molecule has 0 amide bonds. The molecule has 3 N–H and O–H groups in total. The van der Waals surface area contributed by atoms with Crippen molar-refractivity contribution in [1.82, 2.24) is 4.98 Å². The lowest BCUT2D eigenvalue weighted by atomic mass is 10.2. The number of hydrogen-bond acceptors (Lipinski definition) is 5. The van der Waals surface area contributed by atoms with E-state index in [9.17, 15) is 8.42 Å². The van der Waals surface area contributed by atoms with Gasteiger partial charge in [0.25, 0.3) is 10.1 Å². The van der Waals surface area contributed by atoms with Crippen LogP contribution in [0, 0.1) is 0 Å². The molecule has 0 aliphatic heterocycles. The molecule has 0 fully saturated rings. The molecule has 0 saturated carbocycles. The molecule has 2 aromatic carbocycles. The molecule has 0 unspecified atom stereocenters. The third kappa shape index (κ3) is 2.38. The smallest absolute Gasteiger partial charge is 0.294 e. The predicted molar refractivity (Wildman–Crippen MR) is 79.3 cm³/mol. The van der Waals surface area contributed by atoms with Crippen molar-refractivity contribution < 1.29 is 13.0 Å². The van der Waals surface area contributed by atoms with Crippen LogP contribution in [0.15, 0.2) is 47.4 Å². The molecule has 0 aliphatic rings. The Hall–Kier alpha value is -1.96. The van der Waals surface area contributed by atoms with E-state index >= 15 is 0 Å². The third-order valence-corrected chi connectivity index (χ3v) is 4.73. The number of thiazole rings is 1. The first-order valence-corrected chi connectivity index (χ1v) is 7.93. The molecule has 102 valence electrons. The maximum Gasteiger partial charge on any atom is 0.294 e. The minimum absolute atomic E-state index is 0.127. The van der Waals surface area contributed by atoms with Gasteiger partial charge < -0.3 is 5.73 Å². The van der Waals surface area contributed by atoms with Crippen LogP contribution >= 0.6 is 11.3 Å². The molecule has 0 aliphatic carbocycles. The van der Waals surface area contributed by atoms with Gasteiger partial charge >= 0.3 is 0 Å². The first kappa shape index (κ1) is 13.0. The summed E-state index contributed by atoms with van der Waals surface area (Å²) in [6.07, 6.45) is 0. The lowest BCUT2D eigenvalue weighted by Gasteiger charge is -1.95. The molecular weight excluding hydrogens is 296 g/mol. The van der Waals surface area contributed by atoms with Crippen molar-refractivity contribution in [3.63, 3.8) is 0 Å².